The van der Waals surface area contributed by atoms with E-state index in [-0.39, 0.29) is 11.1 Å². The summed E-state index contributed by atoms with van der Waals surface area (Å²) in [6.45, 7) is 0. The predicted molar refractivity (Wildman–Crippen MR) is 104 cm³/mol. The summed E-state index contributed by atoms with van der Waals surface area (Å²) < 4.78 is 5.48. The van der Waals surface area contributed by atoms with Gasteiger partial charge in [0.1, 0.15) is 11.1 Å². The van der Waals surface area contributed by atoms with Crippen molar-refractivity contribution in [2.75, 3.05) is 4.90 Å². The molecular weight excluding hydrogens is 340 g/mol. The van der Waals surface area contributed by atoms with Crippen LogP contribution >= 0.6 is 0 Å². The summed E-state index contributed by atoms with van der Waals surface area (Å²) in [6.07, 6.45) is 0. The molecule has 4 aromatic rings. The van der Waals surface area contributed by atoms with Gasteiger partial charge in [0, 0.05) is 28.5 Å². The number of carbonyl (C=O) groups is 1. The Hall–Kier alpha value is -3.86. The van der Waals surface area contributed by atoms with Gasteiger partial charge in [-0.3, -0.25) is 5.41 Å². The van der Waals surface area contributed by atoms with E-state index in [4.69, 9.17) is 9.83 Å². The lowest BCUT2D eigenvalue weighted by Gasteiger charge is -2.25. The number of hydrogen-bond donors (Lipinski definition) is 2. The summed E-state index contributed by atoms with van der Waals surface area (Å²) in [4.78, 5) is 13.3. The molecule has 0 radical (unpaired) electrons. The minimum Gasteiger partial charge on any atom is -0.477 e. The van der Waals surface area contributed by atoms with Crippen molar-refractivity contribution in [1.29, 1.82) is 5.41 Å². The summed E-state index contributed by atoms with van der Waals surface area (Å²) in [6, 6.07) is 26.8. The van der Waals surface area contributed by atoms with Gasteiger partial charge in [-0.2, -0.15) is 0 Å². The Morgan fingerprint density at radius 1 is 0.815 bits per heavy atom. The number of carboxylic acids is 1. The van der Waals surface area contributed by atoms with Crippen LogP contribution in [0.3, 0.4) is 0 Å². The van der Waals surface area contributed by atoms with Crippen molar-refractivity contribution in [3.8, 4) is 0 Å². The van der Waals surface area contributed by atoms with Gasteiger partial charge >= 0.3 is 5.97 Å². The maximum Gasteiger partial charge on any atom is 0.341 e. The van der Waals surface area contributed by atoms with E-state index < -0.39 is 5.97 Å². The van der Waals surface area contributed by atoms with E-state index in [1.807, 2.05) is 72.8 Å². The zero-order valence-electron chi connectivity index (χ0n) is 14.3. The van der Waals surface area contributed by atoms with Crippen molar-refractivity contribution in [2.45, 2.75) is 0 Å². The molecule has 0 aliphatic heterocycles. The third-order valence-corrected chi connectivity index (χ3v) is 4.27. The lowest BCUT2D eigenvalue weighted by Crippen LogP contribution is -2.13. The second-order valence-electron chi connectivity index (χ2n) is 6.02. The molecule has 0 spiro atoms. The number of fused-ring (bicyclic) bond motifs is 1. The second-order valence-corrected chi connectivity index (χ2v) is 6.02. The maximum atomic E-state index is 11.2. The minimum atomic E-state index is -1.18. The Bertz CT molecular complexity index is 1130. The number of nitrogens with zero attached hydrogens (tertiary/aromatic N) is 1. The van der Waals surface area contributed by atoms with Crippen molar-refractivity contribution in [3.05, 3.63) is 96.0 Å². The average molecular weight is 356 g/mol. The Balaban J connectivity index is 1.90. The molecule has 0 fully saturated rings. The first-order chi connectivity index (χ1) is 13.1. The minimum absolute atomic E-state index is 0.154. The number of hydrogen-bond acceptors (Lipinski definition) is 4. The topological polar surface area (TPSA) is 77.5 Å². The highest BCUT2D eigenvalue weighted by Crippen LogP contribution is 2.35. The van der Waals surface area contributed by atoms with Crippen LogP contribution in [0.25, 0.3) is 11.0 Å². The summed E-state index contributed by atoms with van der Waals surface area (Å²) in [5, 5.41) is 17.6. The smallest absolute Gasteiger partial charge is 0.341 e. The highest BCUT2D eigenvalue weighted by molar-refractivity contribution is 5.92. The number of anilines is 3. The van der Waals surface area contributed by atoms with Crippen LogP contribution in [0.15, 0.2) is 89.3 Å². The van der Waals surface area contributed by atoms with Crippen molar-refractivity contribution < 1.29 is 14.3 Å². The fourth-order valence-electron chi connectivity index (χ4n) is 3.02. The number of rotatable bonds is 4. The molecule has 2 N–H and O–H groups in total. The normalized spacial score (nSPS) is 10.7. The van der Waals surface area contributed by atoms with Crippen molar-refractivity contribution in [3.63, 3.8) is 0 Å². The van der Waals surface area contributed by atoms with Crippen molar-refractivity contribution in [1.82, 2.24) is 0 Å². The monoisotopic (exact) mass is 356 g/mol. The van der Waals surface area contributed by atoms with Crippen LogP contribution in [0.1, 0.15) is 10.4 Å². The van der Waals surface area contributed by atoms with Gasteiger partial charge in [0.15, 0.2) is 0 Å². The standard InChI is InChI=1S/C22H16N2O3/c23-21-19(22(25)26)13-15-11-12-18(14-20(15)27-21)24(16-7-3-1-4-8-16)17-9-5-2-6-10-17/h1-14,23H,(H,25,26). The molecule has 0 amide bonds. The second kappa shape index (κ2) is 6.80. The van der Waals surface area contributed by atoms with Gasteiger partial charge in [-0.15, -0.1) is 0 Å². The van der Waals surface area contributed by atoms with Crippen LogP contribution in [-0.4, -0.2) is 11.1 Å². The Kier molecular flexibility index (Phi) is 4.18. The molecule has 27 heavy (non-hydrogen) atoms. The zero-order valence-corrected chi connectivity index (χ0v) is 14.3. The van der Waals surface area contributed by atoms with Gasteiger partial charge in [0.2, 0.25) is 5.55 Å². The number of para-hydroxylation sites is 2. The lowest BCUT2D eigenvalue weighted by molar-refractivity contribution is 0.0691. The van der Waals surface area contributed by atoms with E-state index in [1.165, 1.54) is 6.07 Å². The Morgan fingerprint density at radius 2 is 1.41 bits per heavy atom. The summed E-state index contributed by atoms with van der Waals surface area (Å²) in [5.41, 5.74) is 2.76. The van der Waals surface area contributed by atoms with Gasteiger partial charge < -0.3 is 14.4 Å². The largest absolute Gasteiger partial charge is 0.477 e. The summed E-state index contributed by atoms with van der Waals surface area (Å²) in [5.74, 6) is -1.18. The zero-order chi connectivity index (χ0) is 18.8. The summed E-state index contributed by atoms with van der Waals surface area (Å²) in [7, 11) is 0. The third kappa shape index (κ3) is 3.18. The summed E-state index contributed by atoms with van der Waals surface area (Å²) >= 11 is 0. The highest BCUT2D eigenvalue weighted by Gasteiger charge is 2.14. The first kappa shape index (κ1) is 16.6. The van der Waals surface area contributed by atoms with Gasteiger partial charge in [-0.05, 0) is 42.5 Å². The van der Waals surface area contributed by atoms with Crippen LogP contribution in [0.5, 0.6) is 0 Å². The molecular formula is C22H16N2O3. The van der Waals surface area contributed by atoms with E-state index in [0.717, 1.165) is 17.1 Å². The molecule has 5 heteroatoms. The van der Waals surface area contributed by atoms with E-state index in [0.29, 0.717) is 11.0 Å². The maximum absolute atomic E-state index is 11.2. The third-order valence-electron chi connectivity index (χ3n) is 4.27. The van der Waals surface area contributed by atoms with Crippen LogP contribution in [0.2, 0.25) is 0 Å². The molecule has 0 unspecified atom stereocenters. The van der Waals surface area contributed by atoms with E-state index >= 15 is 0 Å². The molecule has 132 valence electrons. The lowest BCUT2D eigenvalue weighted by atomic mass is 10.1. The molecule has 1 heterocycles. The van der Waals surface area contributed by atoms with Crippen LogP contribution in [0.4, 0.5) is 17.1 Å². The Labute approximate surface area is 155 Å². The Morgan fingerprint density at radius 3 is 1.96 bits per heavy atom. The van der Waals surface area contributed by atoms with E-state index in [1.54, 1.807) is 6.07 Å². The molecule has 0 saturated carbocycles. The molecule has 0 bridgehead atoms. The highest BCUT2D eigenvalue weighted by atomic mass is 16.4. The SMILES string of the molecule is N=c1oc2cc(N(c3ccccc3)c3ccccc3)ccc2cc1C(=O)O. The fourth-order valence-corrected chi connectivity index (χ4v) is 3.02. The molecule has 0 saturated heterocycles. The van der Waals surface area contributed by atoms with Gasteiger partial charge in [0.05, 0.1) is 0 Å². The van der Waals surface area contributed by atoms with Gasteiger partial charge in [0.25, 0.3) is 0 Å². The first-order valence-corrected chi connectivity index (χ1v) is 8.39. The molecule has 0 atom stereocenters. The molecule has 1 aromatic heterocycles. The fraction of sp³-hybridized carbons (Fsp3) is 0. The van der Waals surface area contributed by atoms with Crippen molar-refractivity contribution in [2.24, 2.45) is 0 Å². The van der Waals surface area contributed by atoms with Gasteiger partial charge in [-0.1, -0.05) is 36.4 Å². The van der Waals surface area contributed by atoms with Crippen molar-refractivity contribution >= 4 is 34.0 Å². The molecule has 3 aromatic carbocycles. The number of carboxylic acid groups (broad SMARTS) is 1. The van der Waals surface area contributed by atoms with Gasteiger partial charge in [-0.25, -0.2) is 4.79 Å². The molecule has 0 aliphatic rings. The predicted octanol–water partition coefficient (Wildman–Crippen LogP) is 5.08. The van der Waals surface area contributed by atoms with Crippen LogP contribution in [-0.2, 0) is 0 Å². The quantitative estimate of drug-likeness (QED) is 0.534. The van der Waals surface area contributed by atoms with Crippen LogP contribution < -0.4 is 10.5 Å². The van der Waals surface area contributed by atoms with Crippen LogP contribution in [0, 0.1) is 5.41 Å². The number of aromatic carboxylic acids is 1. The number of nitrogens with one attached hydrogen (secondary N) is 1. The van der Waals surface area contributed by atoms with E-state index in [2.05, 4.69) is 4.90 Å². The average Bonchev–Trinajstić information content (AvgIpc) is 2.69. The number of benzene rings is 3. The molecule has 5 nitrogen and oxygen atoms in total. The molecule has 4 rings (SSSR count). The first-order valence-electron chi connectivity index (χ1n) is 8.39. The molecule has 0 aliphatic carbocycles. The van der Waals surface area contributed by atoms with E-state index in [9.17, 15) is 9.90 Å².